The number of hydrogen-bond acceptors (Lipinski definition) is 3. The smallest absolute Gasteiger partial charge is 0.0271 e. The first-order valence-corrected chi connectivity index (χ1v) is 6.62. The zero-order chi connectivity index (χ0) is 12.1. The van der Waals surface area contributed by atoms with E-state index in [1.54, 1.807) is 0 Å². The van der Waals surface area contributed by atoms with E-state index in [4.69, 9.17) is 5.73 Å². The minimum absolute atomic E-state index is 0.337. The van der Waals surface area contributed by atoms with Crippen molar-refractivity contribution in [1.82, 2.24) is 9.88 Å². The fourth-order valence-electron chi connectivity index (χ4n) is 2.76. The van der Waals surface area contributed by atoms with Crippen molar-refractivity contribution in [2.45, 2.75) is 50.7 Å². The Balaban J connectivity index is 1.96. The van der Waals surface area contributed by atoms with Gasteiger partial charge in [-0.3, -0.25) is 9.88 Å². The Kier molecular flexibility index (Phi) is 4.51. The molecule has 1 aromatic rings. The summed E-state index contributed by atoms with van der Waals surface area (Å²) < 4.78 is 0. The third-order valence-corrected chi connectivity index (χ3v) is 3.78. The summed E-state index contributed by atoms with van der Waals surface area (Å²) in [7, 11) is 2.19. The summed E-state index contributed by atoms with van der Waals surface area (Å²) in [5.74, 6) is 0. The van der Waals surface area contributed by atoms with Gasteiger partial charge in [0.05, 0.1) is 0 Å². The fraction of sp³-hybridized carbons (Fsp3) is 0.643. The molecule has 2 atom stereocenters. The lowest BCUT2D eigenvalue weighted by molar-refractivity contribution is 0.193. The second-order valence-corrected chi connectivity index (χ2v) is 5.14. The van der Waals surface area contributed by atoms with Gasteiger partial charge >= 0.3 is 0 Å². The van der Waals surface area contributed by atoms with Gasteiger partial charge in [-0.05, 0) is 37.6 Å². The van der Waals surface area contributed by atoms with Crippen LogP contribution >= 0.6 is 0 Å². The number of nitrogens with zero attached hydrogens (tertiary/aromatic N) is 2. The van der Waals surface area contributed by atoms with E-state index in [0.29, 0.717) is 12.1 Å². The van der Waals surface area contributed by atoms with Crippen LogP contribution in [-0.2, 0) is 6.54 Å². The lowest BCUT2D eigenvalue weighted by Crippen LogP contribution is -2.44. The second-order valence-electron chi connectivity index (χ2n) is 5.14. The van der Waals surface area contributed by atoms with Crippen LogP contribution in [0.25, 0.3) is 0 Å². The van der Waals surface area contributed by atoms with Gasteiger partial charge in [-0.2, -0.15) is 0 Å². The molecule has 0 bridgehead atoms. The summed E-state index contributed by atoms with van der Waals surface area (Å²) in [4.78, 5) is 6.46. The molecule has 94 valence electrons. The van der Waals surface area contributed by atoms with E-state index in [9.17, 15) is 0 Å². The maximum atomic E-state index is 6.28. The van der Waals surface area contributed by atoms with Gasteiger partial charge in [-0.1, -0.05) is 19.3 Å². The molecule has 0 aromatic carbocycles. The number of rotatable bonds is 3. The molecule has 0 amide bonds. The Labute approximate surface area is 104 Å². The molecule has 1 heterocycles. The Morgan fingerprint density at radius 2 is 1.94 bits per heavy atom. The van der Waals surface area contributed by atoms with Crippen molar-refractivity contribution in [3.63, 3.8) is 0 Å². The molecule has 1 aliphatic rings. The van der Waals surface area contributed by atoms with Crippen molar-refractivity contribution in [2.24, 2.45) is 5.73 Å². The van der Waals surface area contributed by atoms with Crippen LogP contribution in [0.3, 0.4) is 0 Å². The monoisotopic (exact) mass is 233 g/mol. The van der Waals surface area contributed by atoms with E-state index < -0.39 is 0 Å². The molecule has 1 fully saturated rings. The van der Waals surface area contributed by atoms with Gasteiger partial charge in [0.25, 0.3) is 0 Å². The summed E-state index contributed by atoms with van der Waals surface area (Å²) in [5, 5.41) is 0. The molecule has 1 saturated carbocycles. The SMILES string of the molecule is CN(Cc1ccncc1)C1CCCCCC1N. The highest BCUT2D eigenvalue weighted by Gasteiger charge is 2.23. The molecule has 1 aromatic heterocycles. The maximum Gasteiger partial charge on any atom is 0.0271 e. The van der Waals surface area contributed by atoms with Gasteiger partial charge in [0.1, 0.15) is 0 Å². The van der Waals surface area contributed by atoms with Gasteiger partial charge in [0.15, 0.2) is 0 Å². The highest BCUT2D eigenvalue weighted by Crippen LogP contribution is 2.21. The predicted octanol–water partition coefficient (Wildman–Crippen LogP) is 2.17. The number of hydrogen-bond donors (Lipinski definition) is 1. The third-order valence-electron chi connectivity index (χ3n) is 3.78. The Morgan fingerprint density at radius 3 is 2.71 bits per heavy atom. The third kappa shape index (κ3) is 3.51. The van der Waals surface area contributed by atoms with Crippen LogP contribution < -0.4 is 5.73 Å². The molecule has 0 aliphatic heterocycles. The van der Waals surface area contributed by atoms with Crippen molar-refractivity contribution in [3.05, 3.63) is 30.1 Å². The van der Waals surface area contributed by atoms with Crippen LogP contribution in [0.4, 0.5) is 0 Å². The molecule has 3 nitrogen and oxygen atoms in total. The van der Waals surface area contributed by atoms with E-state index >= 15 is 0 Å². The fourth-order valence-corrected chi connectivity index (χ4v) is 2.76. The second kappa shape index (κ2) is 6.12. The van der Waals surface area contributed by atoms with E-state index in [1.165, 1.54) is 37.7 Å². The molecule has 0 radical (unpaired) electrons. The first kappa shape index (κ1) is 12.5. The Hall–Kier alpha value is -0.930. The predicted molar refractivity (Wildman–Crippen MR) is 70.6 cm³/mol. The van der Waals surface area contributed by atoms with E-state index in [1.807, 2.05) is 12.4 Å². The quantitative estimate of drug-likeness (QED) is 0.814. The molecule has 0 saturated heterocycles. The number of pyridine rings is 1. The summed E-state index contributed by atoms with van der Waals surface area (Å²) in [6.45, 7) is 0.973. The van der Waals surface area contributed by atoms with Gasteiger partial charge in [0.2, 0.25) is 0 Å². The zero-order valence-corrected chi connectivity index (χ0v) is 10.7. The van der Waals surface area contributed by atoms with Crippen LogP contribution in [0.15, 0.2) is 24.5 Å². The topological polar surface area (TPSA) is 42.2 Å². The summed E-state index contributed by atoms with van der Waals surface area (Å²) in [6.07, 6.45) is 10.1. The van der Waals surface area contributed by atoms with Crippen LogP contribution in [0.1, 0.15) is 37.7 Å². The van der Waals surface area contributed by atoms with Crippen molar-refractivity contribution >= 4 is 0 Å². The summed E-state index contributed by atoms with van der Waals surface area (Å²) >= 11 is 0. The Morgan fingerprint density at radius 1 is 1.24 bits per heavy atom. The van der Waals surface area contributed by atoms with Crippen LogP contribution in [0.5, 0.6) is 0 Å². The molecule has 2 unspecified atom stereocenters. The Bertz CT molecular complexity index is 325. The molecule has 3 heteroatoms. The summed E-state index contributed by atoms with van der Waals surface area (Å²) in [6, 6.07) is 5.03. The molecule has 0 spiro atoms. The highest BCUT2D eigenvalue weighted by atomic mass is 15.1. The van der Waals surface area contributed by atoms with Crippen molar-refractivity contribution in [1.29, 1.82) is 0 Å². The van der Waals surface area contributed by atoms with E-state index in [2.05, 4.69) is 29.1 Å². The van der Waals surface area contributed by atoms with Crippen molar-refractivity contribution < 1.29 is 0 Å². The highest BCUT2D eigenvalue weighted by molar-refractivity contribution is 5.09. The lowest BCUT2D eigenvalue weighted by Gasteiger charge is -2.31. The van der Waals surface area contributed by atoms with Gasteiger partial charge < -0.3 is 5.73 Å². The summed E-state index contributed by atoms with van der Waals surface area (Å²) in [5.41, 5.74) is 7.60. The molecule has 2 rings (SSSR count). The molecule has 2 N–H and O–H groups in total. The first-order chi connectivity index (χ1) is 8.27. The molecule has 1 aliphatic carbocycles. The van der Waals surface area contributed by atoms with Gasteiger partial charge in [0, 0.05) is 31.0 Å². The van der Waals surface area contributed by atoms with E-state index in [0.717, 1.165) is 6.54 Å². The van der Waals surface area contributed by atoms with Crippen molar-refractivity contribution in [2.75, 3.05) is 7.05 Å². The van der Waals surface area contributed by atoms with Crippen LogP contribution in [-0.4, -0.2) is 29.0 Å². The standard InChI is InChI=1S/C14H23N3/c1-17(11-12-7-9-16-10-8-12)14-6-4-2-3-5-13(14)15/h7-10,13-14H,2-6,11,15H2,1H3. The van der Waals surface area contributed by atoms with Crippen LogP contribution in [0, 0.1) is 0 Å². The number of nitrogens with two attached hydrogens (primary N) is 1. The minimum atomic E-state index is 0.337. The van der Waals surface area contributed by atoms with E-state index in [-0.39, 0.29) is 0 Å². The molecule has 17 heavy (non-hydrogen) atoms. The molecular formula is C14H23N3. The molecular weight excluding hydrogens is 210 g/mol. The first-order valence-electron chi connectivity index (χ1n) is 6.62. The maximum absolute atomic E-state index is 6.28. The average Bonchev–Trinajstić information content (AvgIpc) is 2.55. The number of likely N-dealkylation sites (N-methyl/N-ethyl adjacent to an activating group) is 1. The average molecular weight is 233 g/mol. The minimum Gasteiger partial charge on any atom is -0.326 e. The van der Waals surface area contributed by atoms with Crippen LogP contribution in [0.2, 0.25) is 0 Å². The normalized spacial score (nSPS) is 25.8. The number of aromatic nitrogens is 1. The lowest BCUT2D eigenvalue weighted by atomic mass is 10.0. The van der Waals surface area contributed by atoms with Gasteiger partial charge in [-0.25, -0.2) is 0 Å². The van der Waals surface area contributed by atoms with Crippen molar-refractivity contribution in [3.8, 4) is 0 Å². The largest absolute Gasteiger partial charge is 0.326 e. The van der Waals surface area contributed by atoms with Gasteiger partial charge in [-0.15, -0.1) is 0 Å². The zero-order valence-electron chi connectivity index (χ0n) is 10.7.